The Hall–Kier alpha value is -3.36. The number of benzene rings is 2. The Morgan fingerprint density at radius 2 is 1.82 bits per heavy atom. The molecule has 0 spiro atoms. The van der Waals surface area contributed by atoms with E-state index in [0.29, 0.717) is 29.8 Å². The molecule has 2 aliphatic heterocycles. The maximum Gasteiger partial charge on any atom is 0.416 e. The highest BCUT2D eigenvalue weighted by molar-refractivity contribution is 6.10. The number of anilines is 1. The Morgan fingerprint density at radius 3 is 2.50 bits per heavy atom. The van der Waals surface area contributed by atoms with Gasteiger partial charge in [-0.05, 0) is 57.0 Å². The van der Waals surface area contributed by atoms with Crippen molar-refractivity contribution in [1.29, 1.82) is 0 Å². The first-order valence-corrected chi connectivity index (χ1v) is 11.0. The Balaban J connectivity index is 1.61. The van der Waals surface area contributed by atoms with Gasteiger partial charge in [-0.2, -0.15) is 13.2 Å². The van der Waals surface area contributed by atoms with Gasteiger partial charge < -0.3 is 15.0 Å². The minimum atomic E-state index is -4.46. The maximum absolute atomic E-state index is 13.5. The van der Waals surface area contributed by atoms with Crippen LogP contribution in [0.3, 0.4) is 0 Å². The van der Waals surface area contributed by atoms with E-state index in [-0.39, 0.29) is 11.6 Å². The van der Waals surface area contributed by atoms with E-state index in [1.807, 2.05) is 24.3 Å². The minimum Gasteiger partial charge on any atom is -0.444 e. The van der Waals surface area contributed by atoms with Crippen LogP contribution >= 0.6 is 0 Å². The standard InChI is InChI=1S/C25H26F3N3O3/c1-14(29-23(33)34-24(2,3)4)22(32)31-20-8-6-5-7-16(20)12-21(31)19-11-15-9-10-17(25(26,27)28)13-18(15)30-19/h5-10,13-14,21H,11-12H2,1-4H3,(H,29,33). The Bertz CT molecular complexity index is 1170. The largest absolute Gasteiger partial charge is 0.444 e. The van der Waals surface area contributed by atoms with Crippen LogP contribution in [0, 0.1) is 0 Å². The lowest BCUT2D eigenvalue weighted by molar-refractivity contribution is -0.137. The number of halogens is 3. The zero-order valence-corrected chi connectivity index (χ0v) is 19.4. The van der Waals surface area contributed by atoms with Crippen LogP contribution in [0.5, 0.6) is 0 Å². The highest BCUT2D eigenvalue weighted by atomic mass is 19.4. The quantitative estimate of drug-likeness (QED) is 0.666. The molecule has 0 radical (unpaired) electrons. The molecule has 180 valence electrons. The van der Waals surface area contributed by atoms with Gasteiger partial charge in [0, 0.05) is 24.2 Å². The van der Waals surface area contributed by atoms with Gasteiger partial charge in [-0.3, -0.25) is 9.79 Å². The van der Waals surface area contributed by atoms with Crippen LogP contribution in [0.25, 0.3) is 0 Å². The van der Waals surface area contributed by atoms with Gasteiger partial charge >= 0.3 is 12.3 Å². The molecule has 2 aliphatic rings. The van der Waals surface area contributed by atoms with Gasteiger partial charge in [-0.1, -0.05) is 24.3 Å². The van der Waals surface area contributed by atoms with Crippen molar-refractivity contribution in [3.63, 3.8) is 0 Å². The molecular weight excluding hydrogens is 447 g/mol. The summed E-state index contributed by atoms with van der Waals surface area (Å²) in [6, 6.07) is 9.60. The van der Waals surface area contributed by atoms with Crippen molar-refractivity contribution in [3.05, 3.63) is 59.2 Å². The fourth-order valence-electron chi connectivity index (χ4n) is 4.26. The van der Waals surface area contributed by atoms with Gasteiger partial charge in [-0.25, -0.2) is 4.79 Å². The fraction of sp³-hybridized carbons (Fsp3) is 0.400. The average Bonchev–Trinajstić information content (AvgIpc) is 3.31. The predicted molar refractivity (Wildman–Crippen MR) is 122 cm³/mol. The summed E-state index contributed by atoms with van der Waals surface area (Å²) >= 11 is 0. The third-order valence-corrected chi connectivity index (χ3v) is 5.75. The molecule has 0 fully saturated rings. The first-order chi connectivity index (χ1) is 15.8. The van der Waals surface area contributed by atoms with Crippen molar-refractivity contribution >= 4 is 29.1 Å². The number of alkyl halides is 3. The normalized spacial score (nSPS) is 18.1. The third kappa shape index (κ3) is 4.78. The Morgan fingerprint density at radius 1 is 1.12 bits per heavy atom. The summed E-state index contributed by atoms with van der Waals surface area (Å²) in [7, 11) is 0. The number of ether oxygens (including phenoxy) is 1. The van der Waals surface area contributed by atoms with Crippen LogP contribution in [0.1, 0.15) is 44.4 Å². The number of amides is 2. The molecule has 2 aromatic rings. The summed E-state index contributed by atoms with van der Waals surface area (Å²) in [4.78, 5) is 31.8. The molecular formula is C25H26F3N3O3. The molecule has 2 atom stereocenters. The molecule has 1 N–H and O–H groups in total. The molecule has 0 saturated carbocycles. The Labute approximate surface area is 195 Å². The molecule has 2 aromatic carbocycles. The van der Waals surface area contributed by atoms with Crippen LogP contribution in [0.15, 0.2) is 47.5 Å². The van der Waals surface area contributed by atoms with Crippen LogP contribution < -0.4 is 10.2 Å². The number of rotatable bonds is 3. The monoisotopic (exact) mass is 473 g/mol. The second-order valence-electron chi connectivity index (χ2n) is 9.55. The fourth-order valence-corrected chi connectivity index (χ4v) is 4.26. The molecule has 2 unspecified atom stereocenters. The number of nitrogens with one attached hydrogen (secondary N) is 1. The van der Waals surface area contributed by atoms with Crippen molar-refractivity contribution in [2.24, 2.45) is 4.99 Å². The number of hydrogen-bond donors (Lipinski definition) is 1. The van der Waals surface area contributed by atoms with Gasteiger partial charge in [0.05, 0.1) is 17.3 Å². The van der Waals surface area contributed by atoms with Crippen molar-refractivity contribution in [1.82, 2.24) is 5.32 Å². The molecule has 0 bridgehead atoms. The van der Waals surface area contributed by atoms with Crippen molar-refractivity contribution in [2.75, 3.05) is 4.90 Å². The maximum atomic E-state index is 13.5. The predicted octanol–water partition coefficient (Wildman–Crippen LogP) is 5.21. The number of carbonyl (C=O) groups is 2. The van der Waals surface area contributed by atoms with Crippen LogP contribution in [0.2, 0.25) is 0 Å². The number of alkyl carbamates (subject to hydrolysis) is 1. The lowest BCUT2D eigenvalue weighted by Crippen LogP contribution is -2.52. The summed E-state index contributed by atoms with van der Waals surface area (Å²) in [5, 5.41) is 2.58. The van der Waals surface area contributed by atoms with Crippen LogP contribution in [0.4, 0.5) is 29.3 Å². The number of aliphatic imine (C=N–C) groups is 1. The first-order valence-electron chi connectivity index (χ1n) is 11.0. The number of hydrogen-bond acceptors (Lipinski definition) is 4. The Kier molecular flexibility index (Phi) is 5.91. The molecule has 34 heavy (non-hydrogen) atoms. The number of carbonyl (C=O) groups excluding carboxylic acids is 2. The molecule has 2 heterocycles. The van der Waals surface area contributed by atoms with Crippen molar-refractivity contribution in [3.8, 4) is 0 Å². The van der Waals surface area contributed by atoms with Gasteiger partial charge in [0.2, 0.25) is 5.91 Å². The lowest BCUT2D eigenvalue weighted by atomic mass is 10.0. The second kappa shape index (κ2) is 8.45. The topological polar surface area (TPSA) is 71.0 Å². The number of para-hydroxylation sites is 1. The molecule has 0 aliphatic carbocycles. The zero-order valence-electron chi connectivity index (χ0n) is 19.4. The average molecular weight is 473 g/mol. The molecule has 0 saturated heterocycles. The molecule has 2 amide bonds. The second-order valence-corrected chi connectivity index (χ2v) is 9.55. The summed E-state index contributed by atoms with van der Waals surface area (Å²) < 4.78 is 44.7. The van der Waals surface area contributed by atoms with E-state index < -0.39 is 35.5 Å². The summed E-state index contributed by atoms with van der Waals surface area (Å²) in [6.07, 6.45) is -4.33. The summed E-state index contributed by atoms with van der Waals surface area (Å²) in [6.45, 7) is 6.76. The van der Waals surface area contributed by atoms with E-state index in [1.54, 1.807) is 32.6 Å². The highest BCUT2D eigenvalue weighted by Gasteiger charge is 2.40. The summed E-state index contributed by atoms with van der Waals surface area (Å²) in [5.41, 5.74) is 1.73. The number of fused-ring (bicyclic) bond motifs is 2. The van der Waals surface area contributed by atoms with Crippen LogP contribution in [-0.2, 0) is 28.5 Å². The molecule has 6 nitrogen and oxygen atoms in total. The van der Waals surface area contributed by atoms with Gasteiger partial charge in [0.25, 0.3) is 0 Å². The number of nitrogens with zero attached hydrogens (tertiary/aromatic N) is 2. The van der Waals surface area contributed by atoms with Gasteiger partial charge in [-0.15, -0.1) is 0 Å². The third-order valence-electron chi connectivity index (χ3n) is 5.75. The van der Waals surface area contributed by atoms with Gasteiger partial charge in [0.15, 0.2) is 0 Å². The molecule has 0 aromatic heterocycles. The van der Waals surface area contributed by atoms with E-state index >= 15 is 0 Å². The molecule has 9 heteroatoms. The smallest absolute Gasteiger partial charge is 0.416 e. The van der Waals surface area contributed by atoms with E-state index in [4.69, 9.17) is 4.74 Å². The zero-order chi connectivity index (χ0) is 24.8. The highest BCUT2D eigenvalue weighted by Crippen LogP contribution is 2.39. The lowest BCUT2D eigenvalue weighted by Gasteiger charge is -2.29. The van der Waals surface area contributed by atoms with E-state index in [2.05, 4.69) is 10.3 Å². The van der Waals surface area contributed by atoms with Gasteiger partial charge in [0.1, 0.15) is 11.6 Å². The minimum absolute atomic E-state index is 0.271. The van der Waals surface area contributed by atoms with E-state index in [0.717, 1.165) is 17.7 Å². The van der Waals surface area contributed by atoms with E-state index in [1.165, 1.54) is 6.07 Å². The molecule has 4 rings (SSSR count). The van der Waals surface area contributed by atoms with Crippen molar-refractivity contribution in [2.45, 2.75) is 64.4 Å². The summed E-state index contributed by atoms with van der Waals surface area (Å²) in [5.74, 6) is -0.351. The van der Waals surface area contributed by atoms with Crippen molar-refractivity contribution < 1.29 is 27.5 Å². The van der Waals surface area contributed by atoms with Crippen LogP contribution in [-0.4, -0.2) is 35.4 Å². The van der Waals surface area contributed by atoms with E-state index in [9.17, 15) is 22.8 Å². The first kappa shape index (κ1) is 23.8. The SMILES string of the molecule is CC(NC(=O)OC(C)(C)C)C(=O)N1c2ccccc2CC1C1=Nc2cc(C(F)(F)F)ccc2C1.